The predicted molar refractivity (Wildman–Crippen MR) is 25.2 cm³/mol. The van der Waals surface area contributed by atoms with Crippen LogP contribution in [0.5, 0.6) is 0 Å². The molecule has 0 fully saturated rings. The molecule has 0 saturated carbocycles. The third-order valence-electron chi connectivity index (χ3n) is 0.183. The van der Waals surface area contributed by atoms with Gasteiger partial charge in [0.25, 0.3) is 0 Å². The minimum atomic E-state index is -1.82. The molecule has 0 unspecified atom stereocenters. The number of carboxylic acid groups (broad SMARTS) is 2. The van der Waals surface area contributed by atoms with Crippen molar-refractivity contribution in [3.05, 3.63) is 0 Å². The van der Waals surface area contributed by atoms with Crippen LogP contribution in [0.15, 0.2) is 0 Å². The fourth-order valence-electron chi connectivity index (χ4n) is 0. The van der Waals surface area contributed by atoms with Crippen LogP contribution in [0, 0.1) is 0 Å². The van der Waals surface area contributed by atoms with Gasteiger partial charge in [-0.05, 0) is 0 Å². The van der Waals surface area contributed by atoms with E-state index in [0.717, 1.165) is 0 Å². The van der Waals surface area contributed by atoms with Crippen LogP contribution in [-0.4, -0.2) is 39.5 Å². The Hall–Kier alpha value is 0.187. The first-order valence-corrected chi connectivity index (χ1v) is 1.11. The van der Waals surface area contributed by atoms with E-state index in [1.165, 1.54) is 0 Å². The minimum Gasteiger partial charge on any atom is -0.473 e. The Morgan fingerprint density at radius 2 is 1.12 bits per heavy atom. The number of carbonyl (C=O) groups is 2. The maximum absolute atomic E-state index is 9.10. The standard InChI is InChI=1S/C2H2O4.Al.Ti.3H/c3-1(4)2(5)6;;;;;/h(H,3,4)(H,5,6);;;;;. The zero-order valence-electron chi connectivity index (χ0n) is 3.21. The van der Waals surface area contributed by atoms with Crippen molar-refractivity contribution >= 4 is 29.3 Å². The average molecular weight is 168 g/mol. The third kappa shape index (κ3) is 9.50. The molecule has 0 spiro atoms. The van der Waals surface area contributed by atoms with Gasteiger partial charge in [0.05, 0.1) is 0 Å². The van der Waals surface area contributed by atoms with Crippen molar-refractivity contribution in [1.29, 1.82) is 0 Å². The predicted octanol–water partition coefficient (Wildman–Crippen LogP) is -2.03. The van der Waals surface area contributed by atoms with Crippen LogP contribution in [0.4, 0.5) is 0 Å². The summed E-state index contributed by atoms with van der Waals surface area (Å²) in [6.07, 6.45) is 0. The van der Waals surface area contributed by atoms with E-state index in [-0.39, 0.29) is 39.1 Å². The molecule has 6 heteroatoms. The van der Waals surface area contributed by atoms with Crippen molar-refractivity contribution in [1.82, 2.24) is 0 Å². The molecule has 0 aliphatic carbocycles. The maximum Gasteiger partial charge on any atom is 0.414 e. The molecule has 0 radical (unpaired) electrons. The number of carboxylic acids is 2. The van der Waals surface area contributed by atoms with Crippen LogP contribution in [0.3, 0.4) is 0 Å². The molecule has 0 aliphatic heterocycles. The molecule has 0 rings (SSSR count). The normalized spacial score (nSPS) is 5.50. The van der Waals surface area contributed by atoms with Crippen LogP contribution in [0.1, 0.15) is 0 Å². The summed E-state index contributed by atoms with van der Waals surface area (Å²) in [6, 6.07) is 0. The number of rotatable bonds is 0. The molecule has 0 aliphatic rings. The molecule has 8 heavy (non-hydrogen) atoms. The molecule has 0 aromatic rings. The minimum absolute atomic E-state index is 0. The Balaban J connectivity index is -0.000000125. The zero-order chi connectivity index (χ0) is 5.15. The monoisotopic (exact) mass is 168 g/mol. The number of aliphatic carboxylic acids is 2. The summed E-state index contributed by atoms with van der Waals surface area (Å²) < 4.78 is 0. The summed E-state index contributed by atoms with van der Waals surface area (Å²) in [6.45, 7) is 0. The molecule has 0 heterocycles. The fourth-order valence-corrected chi connectivity index (χ4v) is 0. The van der Waals surface area contributed by atoms with E-state index in [0.29, 0.717) is 0 Å². The van der Waals surface area contributed by atoms with Gasteiger partial charge in [0.2, 0.25) is 0 Å². The van der Waals surface area contributed by atoms with Crippen LogP contribution in [-0.2, 0) is 31.3 Å². The van der Waals surface area contributed by atoms with Gasteiger partial charge in [-0.15, -0.1) is 0 Å². The first kappa shape index (κ1) is 15.7. The largest absolute Gasteiger partial charge is 0.473 e. The van der Waals surface area contributed by atoms with Gasteiger partial charge in [0, 0.05) is 21.7 Å². The van der Waals surface area contributed by atoms with Gasteiger partial charge >= 0.3 is 11.9 Å². The Bertz CT molecular complexity index is 80.0. The summed E-state index contributed by atoms with van der Waals surface area (Å²) in [5, 5.41) is 14.8. The van der Waals surface area contributed by atoms with Crippen molar-refractivity contribution in [2.75, 3.05) is 0 Å². The van der Waals surface area contributed by atoms with Gasteiger partial charge in [0.1, 0.15) is 0 Å². The summed E-state index contributed by atoms with van der Waals surface area (Å²) in [7, 11) is 0. The molecule has 0 aromatic carbocycles. The van der Waals surface area contributed by atoms with Gasteiger partial charge in [-0.1, -0.05) is 0 Å². The second kappa shape index (κ2) is 7.19. The molecule has 0 saturated heterocycles. The maximum atomic E-state index is 9.10. The molecule has 0 amide bonds. The van der Waals surface area contributed by atoms with E-state index in [9.17, 15) is 0 Å². The average Bonchev–Trinajstić information content (AvgIpc) is 1.36. The van der Waals surface area contributed by atoms with Crippen molar-refractivity contribution in [2.24, 2.45) is 0 Å². The first-order chi connectivity index (χ1) is 2.64. The Morgan fingerprint density at radius 1 is 1.00 bits per heavy atom. The van der Waals surface area contributed by atoms with Crippen molar-refractivity contribution in [3.63, 3.8) is 0 Å². The topological polar surface area (TPSA) is 74.6 Å². The molecule has 0 aromatic heterocycles. The van der Waals surface area contributed by atoms with E-state index in [1.807, 2.05) is 0 Å². The van der Waals surface area contributed by atoms with E-state index in [4.69, 9.17) is 19.8 Å². The Labute approximate surface area is 70.9 Å². The summed E-state index contributed by atoms with van der Waals surface area (Å²) in [5.74, 6) is -3.65. The quantitative estimate of drug-likeness (QED) is 0.323. The summed E-state index contributed by atoms with van der Waals surface area (Å²) in [5.41, 5.74) is 0. The smallest absolute Gasteiger partial charge is 0.414 e. The Kier molecular flexibility index (Phi) is 14.1. The van der Waals surface area contributed by atoms with E-state index >= 15 is 0 Å². The molecule has 44 valence electrons. The SMILES string of the molecule is O=C(O)C(=O)O.[AlH3].[Ti]. The first-order valence-electron chi connectivity index (χ1n) is 1.11. The van der Waals surface area contributed by atoms with Gasteiger partial charge < -0.3 is 10.2 Å². The van der Waals surface area contributed by atoms with E-state index in [1.54, 1.807) is 0 Å². The van der Waals surface area contributed by atoms with Crippen LogP contribution < -0.4 is 0 Å². The summed E-state index contributed by atoms with van der Waals surface area (Å²) >= 11 is 0. The second-order valence-corrected chi connectivity index (χ2v) is 0.610. The van der Waals surface area contributed by atoms with Crippen LogP contribution in [0.25, 0.3) is 0 Å². The van der Waals surface area contributed by atoms with Gasteiger partial charge in [-0.2, -0.15) is 0 Å². The number of hydrogen-bond acceptors (Lipinski definition) is 2. The Morgan fingerprint density at radius 3 is 1.12 bits per heavy atom. The summed E-state index contributed by atoms with van der Waals surface area (Å²) in [4.78, 5) is 18.2. The van der Waals surface area contributed by atoms with E-state index < -0.39 is 11.9 Å². The molecule has 4 nitrogen and oxygen atoms in total. The third-order valence-corrected chi connectivity index (χ3v) is 0.183. The van der Waals surface area contributed by atoms with Gasteiger partial charge in [-0.25, -0.2) is 9.59 Å². The van der Waals surface area contributed by atoms with E-state index in [2.05, 4.69) is 0 Å². The number of hydrogen-bond donors (Lipinski definition) is 2. The molecule has 0 atom stereocenters. The van der Waals surface area contributed by atoms with Crippen molar-refractivity contribution < 1.29 is 41.5 Å². The fraction of sp³-hybridized carbons (Fsp3) is 0. The molecular formula is C2H5AlO4Ti. The van der Waals surface area contributed by atoms with Crippen LogP contribution in [0.2, 0.25) is 0 Å². The van der Waals surface area contributed by atoms with Gasteiger partial charge in [-0.3, -0.25) is 0 Å². The zero-order valence-corrected chi connectivity index (χ0v) is 4.77. The van der Waals surface area contributed by atoms with Crippen molar-refractivity contribution in [2.45, 2.75) is 0 Å². The molecule has 0 bridgehead atoms. The molecular weight excluding hydrogens is 163 g/mol. The van der Waals surface area contributed by atoms with Gasteiger partial charge in [0.15, 0.2) is 17.4 Å². The van der Waals surface area contributed by atoms with Crippen molar-refractivity contribution in [3.8, 4) is 0 Å². The molecule has 2 N–H and O–H groups in total. The van der Waals surface area contributed by atoms with Crippen LogP contribution >= 0.6 is 0 Å². The second-order valence-electron chi connectivity index (χ2n) is 0.610.